The number of hydrogen-bond donors (Lipinski definition) is 0. The Balaban J connectivity index is 1.96. The van der Waals surface area contributed by atoms with Crippen LogP contribution in [-0.4, -0.2) is 40.3 Å². The molecule has 0 aromatic heterocycles. The first kappa shape index (κ1) is 26.4. The molecule has 1 aliphatic heterocycles. The van der Waals surface area contributed by atoms with Crippen LogP contribution in [0.25, 0.3) is 0 Å². The van der Waals surface area contributed by atoms with E-state index in [9.17, 15) is 0 Å². The lowest BCUT2D eigenvalue weighted by Crippen LogP contribution is -2.51. The van der Waals surface area contributed by atoms with Crippen molar-refractivity contribution in [2.75, 3.05) is 13.7 Å². The van der Waals surface area contributed by atoms with Crippen molar-refractivity contribution in [2.45, 2.75) is 116 Å². The molecular weight excluding hydrogens is 404 g/mol. The van der Waals surface area contributed by atoms with Gasteiger partial charge in [-0.15, -0.1) is 0 Å². The average Bonchev–Trinajstić information content (AvgIpc) is 3.49. The van der Waals surface area contributed by atoms with Gasteiger partial charge in [0.1, 0.15) is 18.0 Å². The van der Waals surface area contributed by atoms with E-state index in [0.717, 1.165) is 17.7 Å². The van der Waals surface area contributed by atoms with Gasteiger partial charge in [0, 0.05) is 0 Å². The van der Waals surface area contributed by atoms with E-state index in [1.807, 2.05) is 12.1 Å². The number of epoxide rings is 1. The molecule has 2 rings (SSSR count). The minimum Gasteiger partial charge on any atom is -0.497 e. The van der Waals surface area contributed by atoms with Crippen molar-refractivity contribution < 1.29 is 18.6 Å². The van der Waals surface area contributed by atoms with E-state index >= 15 is 0 Å². The third kappa shape index (κ3) is 7.05. The fourth-order valence-corrected chi connectivity index (χ4v) is 10.8. The van der Waals surface area contributed by atoms with Gasteiger partial charge in [0.25, 0.3) is 0 Å². The Morgan fingerprint density at radius 1 is 0.935 bits per heavy atom. The van der Waals surface area contributed by atoms with Crippen molar-refractivity contribution in [2.24, 2.45) is 0 Å². The van der Waals surface area contributed by atoms with Crippen LogP contribution in [0.15, 0.2) is 24.3 Å². The van der Waals surface area contributed by atoms with Gasteiger partial charge in [-0.1, -0.05) is 79.9 Å². The second-order valence-electron chi connectivity index (χ2n) is 9.97. The Morgan fingerprint density at radius 3 is 2.06 bits per heavy atom. The molecule has 4 nitrogen and oxygen atoms in total. The van der Waals surface area contributed by atoms with E-state index in [0.29, 0.717) is 29.8 Å². The number of hydrogen-bond acceptors (Lipinski definition) is 4. The van der Waals surface area contributed by atoms with Crippen LogP contribution in [-0.2, 0) is 20.5 Å². The summed E-state index contributed by atoms with van der Waals surface area (Å²) in [4.78, 5) is 0. The van der Waals surface area contributed by atoms with Crippen LogP contribution < -0.4 is 4.74 Å². The molecule has 31 heavy (non-hydrogen) atoms. The first-order valence-electron chi connectivity index (χ1n) is 12.3. The van der Waals surface area contributed by atoms with Crippen molar-refractivity contribution in [1.29, 1.82) is 0 Å². The summed E-state index contributed by atoms with van der Waals surface area (Å²) in [5, 5.41) is 0. The zero-order chi connectivity index (χ0) is 23.0. The summed E-state index contributed by atoms with van der Waals surface area (Å²) in [6.07, 6.45) is 5.31. The molecule has 1 aromatic carbocycles. The normalized spacial score (nSPS) is 20.0. The SMILES string of the molecule is CCCCC[C@H](O[Si](C(C)C)(C(C)C)C(C)C)[C@@H]1O[C@H]1COCc1ccc(OC)cc1. The van der Waals surface area contributed by atoms with Gasteiger partial charge in [0.15, 0.2) is 0 Å². The molecule has 3 atom stereocenters. The lowest BCUT2D eigenvalue weighted by Gasteiger charge is -2.44. The zero-order valence-electron chi connectivity index (χ0n) is 21.1. The highest BCUT2D eigenvalue weighted by Crippen LogP contribution is 2.45. The molecule has 1 aromatic rings. The van der Waals surface area contributed by atoms with Crippen molar-refractivity contribution in [3.05, 3.63) is 29.8 Å². The van der Waals surface area contributed by atoms with Gasteiger partial charge in [0.2, 0.25) is 8.32 Å². The molecule has 0 amide bonds. The van der Waals surface area contributed by atoms with Gasteiger partial charge in [-0.3, -0.25) is 0 Å². The fourth-order valence-electron chi connectivity index (χ4n) is 5.19. The van der Waals surface area contributed by atoms with Crippen LogP contribution in [0.5, 0.6) is 5.75 Å². The van der Waals surface area contributed by atoms with E-state index in [4.69, 9.17) is 18.6 Å². The maximum Gasteiger partial charge on any atom is 0.200 e. The second kappa shape index (κ2) is 12.4. The summed E-state index contributed by atoms with van der Waals surface area (Å²) in [6.45, 7) is 17.6. The molecule has 0 radical (unpaired) electrons. The van der Waals surface area contributed by atoms with Gasteiger partial charge in [0.05, 0.1) is 26.4 Å². The summed E-state index contributed by atoms with van der Waals surface area (Å²) >= 11 is 0. The first-order chi connectivity index (χ1) is 14.8. The Hall–Kier alpha value is -0.883. The van der Waals surface area contributed by atoms with Crippen molar-refractivity contribution in [3.63, 3.8) is 0 Å². The first-order valence-corrected chi connectivity index (χ1v) is 14.4. The largest absolute Gasteiger partial charge is 0.497 e. The van der Waals surface area contributed by atoms with Crippen molar-refractivity contribution in [3.8, 4) is 5.75 Å². The molecule has 5 heteroatoms. The summed E-state index contributed by atoms with van der Waals surface area (Å²) in [6, 6.07) is 8.05. The highest BCUT2D eigenvalue weighted by molar-refractivity contribution is 6.77. The van der Waals surface area contributed by atoms with Gasteiger partial charge >= 0.3 is 0 Å². The van der Waals surface area contributed by atoms with Gasteiger partial charge < -0.3 is 18.6 Å². The van der Waals surface area contributed by atoms with Crippen molar-refractivity contribution in [1.82, 2.24) is 0 Å². The van der Waals surface area contributed by atoms with E-state index in [1.165, 1.54) is 19.3 Å². The highest BCUT2D eigenvalue weighted by Gasteiger charge is 2.52. The van der Waals surface area contributed by atoms with Gasteiger partial charge in [-0.25, -0.2) is 0 Å². The number of rotatable bonds is 15. The molecular formula is C26H46O4Si. The molecule has 1 aliphatic rings. The van der Waals surface area contributed by atoms with Crippen LogP contribution >= 0.6 is 0 Å². The molecule has 1 heterocycles. The Labute approximate surface area is 192 Å². The fraction of sp³-hybridized carbons (Fsp3) is 0.769. The molecule has 0 aliphatic carbocycles. The number of benzene rings is 1. The van der Waals surface area contributed by atoms with Crippen LogP contribution in [0, 0.1) is 0 Å². The van der Waals surface area contributed by atoms with Crippen LogP contribution in [0.2, 0.25) is 16.6 Å². The Bertz CT molecular complexity index is 607. The number of methoxy groups -OCH3 is 1. The maximum absolute atomic E-state index is 7.16. The lowest BCUT2D eigenvalue weighted by molar-refractivity contribution is 0.104. The van der Waals surface area contributed by atoms with Crippen LogP contribution in [0.3, 0.4) is 0 Å². The van der Waals surface area contributed by atoms with Gasteiger partial charge in [-0.05, 0) is 40.7 Å². The quantitative estimate of drug-likeness (QED) is 0.162. The molecule has 0 N–H and O–H groups in total. The summed E-state index contributed by atoms with van der Waals surface area (Å²) < 4.78 is 24.5. The van der Waals surface area contributed by atoms with Crippen LogP contribution in [0.1, 0.15) is 79.7 Å². The Kier molecular flexibility index (Phi) is 10.5. The predicted octanol–water partition coefficient (Wildman–Crippen LogP) is 7.12. The smallest absolute Gasteiger partial charge is 0.200 e. The molecule has 0 bridgehead atoms. The maximum atomic E-state index is 7.16. The predicted molar refractivity (Wildman–Crippen MR) is 131 cm³/mol. The third-order valence-electron chi connectivity index (χ3n) is 6.85. The minimum atomic E-state index is -1.93. The topological polar surface area (TPSA) is 40.2 Å². The average molecular weight is 451 g/mol. The van der Waals surface area contributed by atoms with Crippen molar-refractivity contribution >= 4 is 8.32 Å². The third-order valence-corrected chi connectivity index (χ3v) is 13.0. The van der Waals surface area contributed by atoms with E-state index in [-0.39, 0.29) is 18.3 Å². The van der Waals surface area contributed by atoms with Crippen LogP contribution in [0.4, 0.5) is 0 Å². The van der Waals surface area contributed by atoms with E-state index in [2.05, 4.69) is 60.6 Å². The minimum absolute atomic E-state index is 0.156. The number of unbranched alkanes of at least 4 members (excludes halogenated alkanes) is 2. The molecule has 1 saturated heterocycles. The monoisotopic (exact) mass is 450 g/mol. The standard InChI is InChI=1S/C26H46O4Si/c1-9-10-11-12-24(30-31(19(2)3,20(4)5)21(6)7)26-25(29-26)18-28-17-22-13-15-23(27-8)16-14-22/h13-16,19-21,24-26H,9-12,17-18H2,1-8H3/t24-,25-,26-/m0/s1. The lowest BCUT2D eigenvalue weighted by atomic mass is 10.1. The molecule has 0 saturated carbocycles. The number of ether oxygens (including phenoxy) is 3. The van der Waals surface area contributed by atoms with Gasteiger partial charge in [-0.2, -0.15) is 0 Å². The zero-order valence-corrected chi connectivity index (χ0v) is 22.1. The van der Waals surface area contributed by atoms with E-state index in [1.54, 1.807) is 7.11 Å². The second-order valence-corrected chi connectivity index (χ2v) is 15.4. The molecule has 178 valence electrons. The molecule has 1 fully saturated rings. The Morgan fingerprint density at radius 2 is 1.55 bits per heavy atom. The molecule has 0 unspecified atom stereocenters. The highest BCUT2D eigenvalue weighted by atomic mass is 28.4. The summed E-state index contributed by atoms with van der Waals surface area (Å²) in [5.74, 6) is 0.870. The summed E-state index contributed by atoms with van der Waals surface area (Å²) in [5.41, 5.74) is 2.92. The summed E-state index contributed by atoms with van der Waals surface area (Å²) in [7, 11) is -0.244. The molecule has 0 spiro atoms. The van der Waals surface area contributed by atoms with E-state index < -0.39 is 8.32 Å².